The monoisotopic (exact) mass is 288 g/mol. The van der Waals surface area contributed by atoms with Gasteiger partial charge in [-0.25, -0.2) is 4.39 Å². The number of carbonyl (C=O) groups excluding carboxylic acids is 1. The van der Waals surface area contributed by atoms with Crippen LogP contribution in [0.15, 0.2) is 16.6 Å². The first-order chi connectivity index (χ1) is 7.56. The minimum absolute atomic E-state index is 0.0242. The number of benzene rings is 1. The number of carbonyl (C=O) groups is 1. The van der Waals surface area contributed by atoms with E-state index in [-0.39, 0.29) is 11.6 Å². The molecule has 0 saturated heterocycles. The second-order valence-corrected chi connectivity index (χ2v) is 4.32. The van der Waals surface area contributed by atoms with Crippen LogP contribution in [-0.2, 0) is 0 Å². The lowest BCUT2D eigenvalue weighted by atomic mass is 10.2. The van der Waals surface area contributed by atoms with Gasteiger partial charge in [0.05, 0.1) is 11.3 Å². The highest BCUT2D eigenvalue weighted by molar-refractivity contribution is 9.10. The summed E-state index contributed by atoms with van der Waals surface area (Å²) in [6, 6.07) is 2.53. The van der Waals surface area contributed by atoms with Gasteiger partial charge in [-0.3, -0.25) is 4.79 Å². The first kappa shape index (κ1) is 13.0. The Morgan fingerprint density at radius 2 is 2.25 bits per heavy atom. The average molecular weight is 289 g/mol. The van der Waals surface area contributed by atoms with Crippen molar-refractivity contribution in [3.05, 3.63) is 28.0 Å². The Hall–Kier alpha value is -1.10. The molecule has 0 spiro atoms. The molecule has 0 fully saturated rings. The summed E-state index contributed by atoms with van der Waals surface area (Å²) in [4.78, 5) is 11.7. The number of nitrogens with one attached hydrogen (secondary N) is 1. The van der Waals surface area contributed by atoms with E-state index < -0.39 is 5.82 Å². The first-order valence-corrected chi connectivity index (χ1v) is 5.88. The van der Waals surface area contributed by atoms with Crippen molar-refractivity contribution >= 4 is 27.5 Å². The molecule has 0 aliphatic carbocycles. The Morgan fingerprint density at radius 1 is 1.56 bits per heavy atom. The van der Waals surface area contributed by atoms with Gasteiger partial charge in [0.2, 0.25) is 0 Å². The lowest BCUT2D eigenvalue weighted by Crippen LogP contribution is -2.24. The summed E-state index contributed by atoms with van der Waals surface area (Å²) in [6.45, 7) is 2.65. The van der Waals surface area contributed by atoms with Crippen LogP contribution >= 0.6 is 15.9 Å². The predicted molar refractivity (Wildman–Crippen MR) is 65.8 cm³/mol. The highest BCUT2D eigenvalue weighted by Gasteiger charge is 2.12. The highest BCUT2D eigenvalue weighted by Crippen LogP contribution is 2.22. The smallest absolute Gasteiger partial charge is 0.252 e. The molecule has 1 aromatic carbocycles. The normalized spacial score (nSPS) is 10.2. The van der Waals surface area contributed by atoms with Gasteiger partial charge in [0.1, 0.15) is 5.82 Å². The molecule has 0 aliphatic heterocycles. The van der Waals surface area contributed by atoms with E-state index in [0.717, 1.165) is 12.8 Å². The molecule has 0 unspecified atom stereocenters. The number of nitrogen functional groups attached to an aromatic ring is 1. The summed E-state index contributed by atoms with van der Waals surface area (Å²) in [5, 5.41) is 2.74. The zero-order valence-corrected chi connectivity index (χ0v) is 10.6. The molecule has 0 saturated carbocycles. The van der Waals surface area contributed by atoms with E-state index in [1.165, 1.54) is 12.1 Å². The summed E-state index contributed by atoms with van der Waals surface area (Å²) >= 11 is 3.13. The molecular weight excluding hydrogens is 275 g/mol. The molecule has 1 rings (SSSR count). The fourth-order valence-electron chi connectivity index (χ4n) is 1.21. The summed E-state index contributed by atoms with van der Waals surface area (Å²) in [7, 11) is 0. The molecule has 3 nitrogen and oxygen atoms in total. The Kier molecular flexibility index (Phi) is 4.73. The lowest BCUT2D eigenvalue weighted by Gasteiger charge is -2.07. The van der Waals surface area contributed by atoms with Crippen molar-refractivity contribution in [2.24, 2.45) is 0 Å². The van der Waals surface area contributed by atoms with Crippen molar-refractivity contribution in [3.63, 3.8) is 0 Å². The van der Waals surface area contributed by atoms with Crippen LogP contribution in [0.25, 0.3) is 0 Å². The van der Waals surface area contributed by atoms with Crippen LogP contribution < -0.4 is 11.1 Å². The van der Waals surface area contributed by atoms with E-state index >= 15 is 0 Å². The zero-order chi connectivity index (χ0) is 12.1. The molecule has 3 N–H and O–H groups in total. The largest absolute Gasteiger partial charge is 0.396 e. The topological polar surface area (TPSA) is 55.1 Å². The molecule has 5 heteroatoms. The van der Waals surface area contributed by atoms with Crippen molar-refractivity contribution in [2.45, 2.75) is 19.8 Å². The number of hydrogen-bond donors (Lipinski definition) is 2. The summed E-state index contributed by atoms with van der Waals surface area (Å²) in [5.74, 6) is -0.774. The molecule has 0 heterocycles. The number of halogens is 2. The highest BCUT2D eigenvalue weighted by atomic mass is 79.9. The number of amides is 1. The maximum absolute atomic E-state index is 13.0. The molecule has 1 amide bonds. The second-order valence-electron chi connectivity index (χ2n) is 3.46. The molecule has 88 valence electrons. The minimum Gasteiger partial charge on any atom is -0.396 e. The Bertz CT molecular complexity index is 396. The van der Waals surface area contributed by atoms with Gasteiger partial charge >= 0.3 is 0 Å². The van der Waals surface area contributed by atoms with E-state index in [1.54, 1.807) is 0 Å². The molecular formula is C11H14BrFN2O. The van der Waals surface area contributed by atoms with Gasteiger partial charge in [0, 0.05) is 11.0 Å². The zero-order valence-electron chi connectivity index (χ0n) is 9.02. The molecule has 0 bridgehead atoms. The minimum atomic E-state index is -0.531. The van der Waals surface area contributed by atoms with Gasteiger partial charge in [0.15, 0.2) is 0 Å². The fraction of sp³-hybridized carbons (Fsp3) is 0.364. The van der Waals surface area contributed by atoms with E-state index in [1.807, 2.05) is 6.92 Å². The second kappa shape index (κ2) is 5.84. The maximum Gasteiger partial charge on any atom is 0.252 e. The third-order valence-electron chi connectivity index (χ3n) is 2.15. The van der Waals surface area contributed by atoms with Gasteiger partial charge in [-0.05, 0) is 34.5 Å². The number of rotatable bonds is 4. The number of nitrogens with two attached hydrogens (primary N) is 1. The van der Waals surface area contributed by atoms with Crippen LogP contribution in [0.5, 0.6) is 0 Å². The Morgan fingerprint density at radius 3 is 2.88 bits per heavy atom. The van der Waals surface area contributed by atoms with Crippen molar-refractivity contribution in [1.82, 2.24) is 5.32 Å². The Labute approximate surface area is 102 Å². The third kappa shape index (κ3) is 3.20. The number of unbranched alkanes of at least 4 members (excludes halogenated alkanes) is 1. The van der Waals surface area contributed by atoms with Gasteiger partial charge in [-0.2, -0.15) is 0 Å². The maximum atomic E-state index is 13.0. The fourth-order valence-corrected chi connectivity index (χ4v) is 1.71. The molecule has 1 aromatic rings. The Balaban J connectivity index is 2.79. The quantitative estimate of drug-likeness (QED) is 0.661. The van der Waals surface area contributed by atoms with E-state index in [0.29, 0.717) is 16.6 Å². The van der Waals surface area contributed by atoms with Gasteiger partial charge in [-0.1, -0.05) is 13.3 Å². The van der Waals surface area contributed by atoms with E-state index in [4.69, 9.17) is 5.73 Å². The van der Waals surface area contributed by atoms with Crippen LogP contribution in [0.4, 0.5) is 10.1 Å². The molecule has 16 heavy (non-hydrogen) atoms. The summed E-state index contributed by atoms with van der Waals surface area (Å²) in [6.07, 6.45) is 1.92. The predicted octanol–water partition coefficient (Wildman–Crippen LogP) is 2.70. The van der Waals surface area contributed by atoms with Crippen molar-refractivity contribution < 1.29 is 9.18 Å². The van der Waals surface area contributed by atoms with Crippen LogP contribution in [0.3, 0.4) is 0 Å². The summed E-state index contributed by atoms with van der Waals surface area (Å²) in [5.41, 5.74) is 5.74. The van der Waals surface area contributed by atoms with Crippen LogP contribution in [0.2, 0.25) is 0 Å². The third-order valence-corrected chi connectivity index (χ3v) is 2.80. The van der Waals surface area contributed by atoms with Crippen LogP contribution in [-0.4, -0.2) is 12.5 Å². The summed E-state index contributed by atoms with van der Waals surface area (Å²) < 4.78 is 13.5. The van der Waals surface area contributed by atoms with Crippen molar-refractivity contribution in [1.29, 1.82) is 0 Å². The average Bonchev–Trinajstić information content (AvgIpc) is 2.23. The molecule has 0 aliphatic rings. The number of hydrogen-bond acceptors (Lipinski definition) is 2. The standard InChI is InChI=1S/C11H14BrFN2O/c1-2-3-4-15-11(16)7-5-10(14)9(13)6-8(7)12/h5-6H,2-4,14H2,1H3,(H,15,16). The van der Waals surface area contributed by atoms with Crippen molar-refractivity contribution in [2.75, 3.05) is 12.3 Å². The molecule has 0 aromatic heterocycles. The molecule has 0 radical (unpaired) electrons. The molecule has 0 atom stereocenters. The van der Waals surface area contributed by atoms with Crippen LogP contribution in [0, 0.1) is 5.82 Å². The van der Waals surface area contributed by atoms with Crippen LogP contribution in [0.1, 0.15) is 30.1 Å². The first-order valence-electron chi connectivity index (χ1n) is 5.09. The SMILES string of the molecule is CCCCNC(=O)c1cc(N)c(F)cc1Br. The van der Waals surface area contributed by atoms with E-state index in [9.17, 15) is 9.18 Å². The van der Waals surface area contributed by atoms with E-state index in [2.05, 4.69) is 21.2 Å². The lowest BCUT2D eigenvalue weighted by molar-refractivity contribution is 0.0952. The van der Waals surface area contributed by atoms with Crippen molar-refractivity contribution in [3.8, 4) is 0 Å². The van der Waals surface area contributed by atoms with Gasteiger partial charge in [-0.15, -0.1) is 0 Å². The van der Waals surface area contributed by atoms with Gasteiger partial charge in [0.25, 0.3) is 5.91 Å². The van der Waals surface area contributed by atoms with Gasteiger partial charge < -0.3 is 11.1 Å². The number of anilines is 1.